The number of hydrogen-bond acceptors (Lipinski definition) is 3. The maximum atomic E-state index is 8.77. The van der Waals surface area contributed by atoms with E-state index in [1.807, 2.05) is 18.2 Å². The van der Waals surface area contributed by atoms with Gasteiger partial charge in [-0.2, -0.15) is 5.10 Å². The summed E-state index contributed by atoms with van der Waals surface area (Å²) < 4.78 is 1.74. The lowest BCUT2D eigenvalue weighted by molar-refractivity contribution is 0.271. The van der Waals surface area contributed by atoms with E-state index < -0.39 is 0 Å². The van der Waals surface area contributed by atoms with Gasteiger partial charge in [-0.3, -0.25) is 4.68 Å². The number of nitrogen functional groups attached to an aromatic ring is 1. The molecule has 2 rings (SSSR count). The number of anilines is 1. The van der Waals surface area contributed by atoms with Gasteiger partial charge in [0.05, 0.1) is 24.9 Å². The number of nitrogens with two attached hydrogens (primary N) is 1. The number of fused-ring (bicyclic) bond motifs is 1. The molecule has 0 atom stereocenters. The van der Waals surface area contributed by atoms with Crippen molar-refractivity contribution < 1.29 is 5.11 Å². The normalized spacial score (nSPS) is 10.8. The van der Waals surface area contributed by atoms with Gasteiger partial charge in [-0.05, 0) is 18.2 Å². The number of nitrogens with zero attached hydrogens (tertiary/aromatic N) is 2. The first-order valence-corrected chi connectivity index (χ1v) is 4.13. The van der Waals surface area contributed by atoms with E-state index in [0.29, 0.717) is 12.2 Å². The van der Waals surface area contributed by atoms with Gasteiger partial charge in [-0.15, -0.1) is 0 Å². The smallest absolute Gasteiger partial charge is 0.0703 e. The van der Waals surface area contributed by atoms with E-state index in [1.165, 1.54) is 0 Å². The van der Waals surface area contributed by atoms with Crippen molar-refractivity contribution in [2.24, 2.45) is 0 Å². The van der Waals surface area contributed by atoms with Crippen LogP contribution < -0.4 is 5.73 Å². The van der Waals surface area contributed by atoms with Crippen molar-refractivity contribution in [3.63, 3.8) is 0 Å². The van der Waals surface area contributed by atoms with Gasteiger partial charge < -0.3 is 10.8 Å². The SMILES string of the molecule is Nc1ccc2cnn(CCO)c2c1. The zero-order valence-corrected chi connectivity index (χ0v) is 7.14. The molecule has 0 aliphatic heterocycles. The zero-order chi connectivity index (χ0) is 9.26. The molecular formula is C9H11N3O. The molecule has 0 bridgehead atoms. The molecule has 0 aliphatic carbocycles. The highest BCUT2D eigenvalue weighted by Gasteiger charge is 2.01. The lowest BCUT2D eigenvalue weighted by Gasteiger charge is -2.00. The Kier molecular flexibility index (Phi) is 1.90. The fourth-order valence-corrected chi connectivity index (χ4v) is 1.36. The molecule has 0 aliphatic rings. The van der Waals surface area contributed by atoms with Gasteiger partial charge in [0.25, 0.3) is 0 Å². The van der Waals surface area contributed by atoms with E-state index in [2.05, 4.69) is 5.10 Å². The van der Waals surface area contributed by atoms with Crippen LogP contribution in [0.5, 0.6) is 0 Å². The number of hydrogen-bond donors (Lipinski definition) is 2. The Bertz CT molecular complexity index is 422. The third-order valence-corrected chi connectivity index (χ3v) is 1.98. The molecule has 68 valence electrons. The Morgan fingerprint density at radius 1 is 1.46 bits per heavy atom. The molecule has 0 saturated carbocycles. The quantitative estimate of drug-likeness (QED) is 0.660. The first-order chi connectivity index (χ1) is 6.31. The molecule has 1 heterocycles. The second-order valence-corrected chi connectivity index (χ2v) is 2.91. The van der Waals surface area contributed by atoms with Gasteiger partial charge in [0, 0.05) is 11.1 Å². The van der Waals surface area contributed by atoms with E-state index in [-0.39, 0.29) is 6.61 Å². The van der Waals surface area contributed by atoms with Gasteiger partial charge in [0.1, 0.15) is 0 Å². The molecule has 2 aromatic rings. The highest BCUT2D eigenvalue weighted by Crippen LogP contribution is 2.16. The van der Waals surface area contributed by atoms with Crippen molar-refractivity contribution in [2.45, 2.75) is 6.54 Å². The molecule has 0 radical (unpaired) electrons. The predicted molar refractivity (Wildman–Crippen MR) is 51.2 cm³/mol. The summed E-state index contributed by atoms with van der Waals surface area (Å²) in [6, 6.07) is 5.62. The minimum Gasteiger partial charge on any atom is -0.399 e. The standard InChI is InChI=1S/C9H11N3O/c10-8-2-1-7-6-11-12(3-4-13)9(7)5-8/h1-2,5-6,13H,3-4,10H2. The molecule has 4 heteroatoms. The number of aliphatic hydroxyl groups is 1. The molecule has 1 aromatic heterocycles. The third kappa shape index (κ3) is 1.36. The lowest BCUT2D eigenvalue weighted by atomic mass is 10.2. The molecule has 1 aromatic carbocycles. The Labute approximate surface area is 75.6 Å². The fraction of sp³-hybridized carbons (Fsp3) is 0.222. The zero-order valence-electron chi connectivity index (χ0n) is 7.14. The van der Waals surface area contributed by atoms with Crippen LogP contribution in [0.2, 0.25) is 0 Å². The Morgan fingerprint density at radius 3 is 3.08 bits per heavy atom. The monoisotopic (exact) mass is 177 g/mol. The lowest BCUT2D eigenvalue weighted by Crippen LogP contribution is -2.03. The van der Waals surface area contributed by atoms with Gasteiger partial charge in [0.2, 0.25) is 0 Å². The first kappa shape index (κ1) is 8.07. The predicted octanol–water partition coefficient (Wildman–Crippen LogP) is 0.611. The van der Waals surface area contributed by atoms with E-state index >= 15 is 0 Å². The highest BCUT2D eigenvalue weighted by molar-refractivity contribution is 5.81. The minimum atomic E-state index is 0.0889. The van der Waals surface area contributed by atoms with Crippen LogP contribution in [0.25, 0.3) is 10.9 Å². The van der Waals surface area contributed by atoms with Crippen molar-refractivity contribution in [3.05, 3.63) is 24.4 Å². The van der Waals surface area contributed by atoms with Crippen molar-refractivity contribution in [3.8, 4) is 0 Å². The summed E-state index contributed by atoms with van der Waals surface area (Å²) in [4.78, 5) is 0. The molecule has 0 amide bonds. The van der Waals surface area contributed by atoms with Gasteiger partial charge in [-0.25, -0.2) is 0 Å². The molecule has 4 nitrogen and oxygen atoms in total. The summed E-state index contributed by atoms with van der Waals surface area (Å²) >= 11 is 0. The molecule has 13 heavy (non-hydrogen) atoms. The van der Waals surface area contributed by atoms with Crippen molar-refractivity contribution in [1.29, 1.82) is 0 Å². The van der Waals surface area contributed by atoms with E-state index in [9.17, 15) is 0 Å². The number of rotatable bonds is 2. The largest absolute Gasteiger partial charge is 0.399 e. The Balaban J connectivity index is 2.58. The second-order valence-electron chi connectivity index (χ2n) is 2.91. The van der Waals surface area contributed by atoms with Crippen LogP contribution in [-0.2, 0) is 6.54 Å². The minimum absolute atomic E-state index is 0.0889. The summed E-state index contributed by atoms with van der Waals surface area (Å²) in [6.45, 7) is 0.596. The summed E-state index contributed by atoms with van der Waals surface area (Å²) in [5.74, 6) is 0. The summed E-state index contributed by atoms with van der Waals surface area (Å²) in [5.41, 5.74) is 7.33. The van der Waals surface area contributed by atoms with Crippen LogP contribution in [0, 0.1) is 0 Å². The van der Waals surface area contributed by atoms with Crippen molar-refractivity contribution in [1.82, 2.24) is 9.78 Å². The Hall–Kier alpha value is -1.55. The molecule has 0 fully saturated rings. The fourth-order valence-electron chi connectivity index (χ4n) is 1.36. The molecular weight excluding hydrogens is 166 g/mol. The molecule has 3 N–H and O–H groups in total. The maximum absolute atomic E-state index is 8.77. The number of aliphatic hydroxyl groups excluding tert-OH is 1. The molecule has 0 spiro atoms. The van der Waals surface area contributed by atoms with Crippen LogP contribution in [0.4, 0.5) is 5.69 Å². The topological polar surface area (TPSA) is 64.1 Å². The second kappa shape index (κ2) is 3.06. The van der Waals surface area contributed by atoms with Crippen molar-refractivity contribution in [2.75, 3.05) is 12.3 Å². The van der Waals surface area contributed by atoms with Crippen LogP contribution in [-0.4, -0.2) is 21.5 Å². The summed E-state index contributed by atoms with van der Waals surface area (Å²) in [6.07, 6.45) is 1.77. The van der Waals surface area contributed by atoms with Crippen LogP contribution in [0.15, 0.2) is 24.4 Å². The first-order valence-electron chi connectivity index (χ1n) is 4.13. The van der Waals surface area contributed by atoms with Crippen LogP contribution >= 0.6 is 0 Å². The average Bonchev–Trinajstić information content (AvgIpc) is 2.49. The average molecular weight is 177 g/mol. The van der Waals surface area contributed by atoms with Crippen LogP contribution in [0.1, 0.15) is 0 Å². The number of benzene rings is 1. The summed E-state index contributed by atoms with van der Waals surface area (Å²) in [5, 5.41) is 13.9. The van der Waals surface area contributed by atoms with Gasteiger partial charge >= 0.3 is 0 Å². The molecule has 0 unspecified atom stereocenters. The summed E-state index contributed by atoms with van der Waals surface area (Å²) in [7, 11) is 0. The Morgan fingerprint density at radius 2 is 2.31 bits per heavy atom. The van der Waals surface area contributed by atoms with Gasteiger partial charge in [0.15, 0.2) is 0 Å². The van der Waals surface area contributed by atoms with Crippen LogP contribution in [0.3, 0.4) is 0 Å². The molecule has 0 saturated heterocycles. The van der Waals surface area contributed by atoms with E-state index in [1.54, 1.807) is 10.9 Å². The van der Waals surface area contributed by atoms with E-state index in [4.69, 9.17) is 10.8 Å². The van der Waals surface area contributed by atoms with Crippen molar-refractivity contribution >= 4 is 16.6 Å². The highest BCUT2D eigenvalue weighted by atomic mass is 16.3. The third-order valence-electron chi connectivity index (χ3n) is 1.98. The van der Waals surface area contributed by atoms with E-state index in [0.717, 1.165) is 10.9 Å². The number of aromatic nitrogens is 2. The van der Waals surface area contributed by atoms with Gasteiger partial charge in [-0.1, -0.05) is 0 Å². The maximum Gasteiger partial charge on any atom is 0.0703 e.